The number of rotatable bonds is 6. The van der Waals surface area contributed by atoms with Crippen LogP contribution >= 0.6 is 0 Å². The maximum atomic E-state index is 13.1. The fourth-order valence-corrected chi connectivity index (χ4v) is 1.56. The molecule has 106 valence electrons. The number of urea groups is 1. The first-order chi connectivity index (χ1) is 9.08. The number of anilines is 1. The Morgan fingerprint density at radius 3 is 2.84 bits per heavy atom. The van der Waals surface area contributed by atoms with E-state index in [9.17, 15) is 9.18 Å². The molecular weight excluding hydrogens is 251 g/mol. The van der Waals surface area contributed by atoms with E-state index >= 15 is 0 Å². The lowest BCUT2D eigenvalue weighted by Gasteiger charge is -2.22. The van der Waals surface area contributed by atoms with Crippen LogP contribution in [-0.4, -0.2) is 49.5 Å². The zero-order valence-electron chi connectivity index (χ0n) is 11.1. The molecule has 6 heteroatoms. The Morgan fingerprint density at radius 2 is 2.21 bits per heavy atom. The largest absolute Gasteiger partial charge is 0.395 e. The van der Waals surface area contributed by atoms with Crippen LogP contribution in [0.3, 0.4) is 0 Å². The minimum atomic E-state index is -0.411. The number of ether oxygens (including phenoxy) is 1. The van der Waals surface area contributed by atoms with Gasteiger partial charge in [0.1, 0.15) is 5.82 Å². The molecular formula is C13H19FN2O3. The number of amides is 2. The lowest BCUT2D eigenvalue weighted by Crippen LogP contribution is -2.39. The number of hydrogen-bond donors (Lipinski definition) is 2. The number of aliphatic hydroxyl groups is 1. The van der Waals surface area contributed by atoms with Gasteiger partial charge in [-0.25, -0.2) is 9.18 Å². The van der Waals surface area contributed by atoms with E-state index in [1.54, 1.807) is 13.0 Å². The van der Waals surface area contributed by atoms with Gasteiger partial charge < -0.3 is 20.1 Å². The second-order valence-electron chi connectivity index (χ2n) is 4.09. The number of halogens is 1. The molecule has 19 heavy (non-hydrogen) atoms. The Morgan fingerprint density at radius 1 is 1.47 bits per heavy atom. The number of methoxy groups -OCH3 is 1. The van der Waals surface area contributed by atoms with Crippen molar-refractivity contribution in [2.75, 3.05) is 38.7 Å². The fraction of sp³-hybridized carbons (Fsp3) is 0.462. The summed E-state index contributed by atoms with van der Waals surface area (Å²) in [4.78, 5) is 13.4. The van der Waals surface area contributed by atoms with E-state index in [1.807, 2.05) is 0 Å². The topological polar surface area (TPSA) is 61.8 Å². The lowest BCUT2D eigenvalue weighted by atomic mass is 10.2. The second-order valence-corrected chi connectivity index (χ2v) is 4.09. The Kier molecular flexibility index (Phi) is 6.24. The van der Waals surface area contributed by atoms with Crippen molar-refractivity contribution in [3.63, 3.8) is 0 Å². The highest BCUT2D eigenvalue weighted by Gasteiger charge is 2.14. The first-order valence-corrected chi connectivity index (χ1v) is 6.00. The summed E-state index contributed by atoms with van der Waals surface area (Å²) in [7, 11) is 1.53. The number of benzene rings is 1. The molecule has 0 aliphatic carbocycles. The van der Waals surface area contributed by atoms with Crippen LogP contribution in [0.2, 0.25) is 0 Å². The van der Waals surface area contributed by atoms with Crippen LogP contribution in [0, 0.1) is 12.7 Å². The smallest absolute Gasteiger partial charge is 0.322 e. The molecule has 0 fully saturated rings. The minimum absolute atomic E-state index is 0.140. The highest BCUT2D eigenvalue weighted by atomic mass is 19.1. The first kappa shape index (κ1) is 15.4. The third kappa shape index (κ3) is 4.84. The number of nitrogens with zero attached hydrogens (tertiary/aromatic N) is 1. The van der Waals surface area contributed by atoms with Crippen LogP contribution in [-0.2, 0) is 4.74 Å². The van der Waals surface area contributed by atoms with E-state index in [0.717, 1.165) is 5.56 Å². The molecule has 0 spiro atoms. The summed E-state index contributed by atoms with van der Waals surface area (Å²) in [6.07, 6.45) is 0. The van der Waals surface area contributed by atoms with E-state index in [2.05, 4.69) is 5.32 Å². The minimum Gasteiger partial charge on any atom is -0.395 e. The molecule has 0 saturated heterocycles. The van der Waals surface area contributed by atoms with Crippen molar-refractivity contribution in [2.45, 2.75) is 6.92 Å². The Labute approximate surface area is 112 Å². The van der Waals surface area contributed by atoms with Crippen molar-refractivity contribution in [1.29, 1.82) is 0 Å². The SMILES string of the molecule is COCCN(CCO)C(=O)Nc1cc(F)ccc1C. The summed E-state index contributed by atoms with van der Waals surface area (Å²) in [5.74, 6) is -0.411. The van der Waals surface area contributed by atoms with Gasteiger partial charge in [0, 0.05) is 25.9 Å². The van der Waals surface area contributed by atoms with Gasteiger partial charge in [0.15, 0.2) is 0 Å². The van der Waals surface area contributed by atoms with Gasteiger partial charge in [0.25, 0.3) is 0 Å². The van der Waals surface area contributed by atoms with Crippen molar-refractivity contribution < 1.29 is 19.0 Å². The highest BCUT2D eigenvalue weighted by Crippen LogP contribution is 2.16. The molecule has 5 nitrogen and oxygen atoms in total. The van der Waals surface area contributed by atoms with Gasteiger partial charge in [-0.2, -0.15) is 0 Å². The van der Waals surface area contributed by atoms with E-state index in [0.29, 0.717) is 18.8 Å². The van der Waals surface area contributed by atoms with Crippen molar-refractivity contribution in [3.05, 3.63) is 29.6 Å². The standard InChI is InChI=1S/C13H19FN2O3/c1-10-3-4-11(14)9-12(10)15-13(18)16(5-7-17)6-8-19-2/h3-4,9,17H,5-8H2,1-2H3,(H,15,18). The monoisotopic (exact) mass is 270 g/mol. The zero-order chi connectivity index (χ0) is 14.3. The molecule has 0 aliphatic heterocycles. The molecule has 0 heterocycles. The number of nitrogens with one attached hydrogen (secondary N) is 1. The predicted octanol–water partition coefficient (Wildman–Crippen LogP) is 1.61. The normalized spacial score (nSPS) is 10.3. The van der Waals surface area contributed by atoms with E-state index < -0.39 is 5.82 Å². The molecule has 0 aliphatic rings. The maximum absolute atomic E-state index is 13.1. The van der Waals surface area contributed by atoms with E-state index in [-0.39, 0.29) is 19.2 Å². The molecule has 0 aromatic heterocycles. The van der Waals surface area contributed by atoms with Gasteiger partial charge in [0.2, 0.25) is 0 Å². The predicted molar refractivity (Wildman–Crippen MR) is 70.7 cm³/mol. The van der Waals surface area contributed by atoms with Crippen LogP contribution in [0.4, 0.5) is 14.9 Å². The maximum Gasteiger partial charge on any atom is 0.322 e. The second kappa shape index (κ2) is 7.70. The molecule has 2 N–H and O–H groups in total. The highest BCUT2D eigenvalue weighted by molar-refractivity contribution is 5.90. The number of carbonyl (C=O) groups excluding carboxylic acids is 1. The van der Waals surface area contributed by atoms with Crippen molar-refractivity contribution >= 4 is 11.7 Å². The number of carbonyl (C=O) groups is 1. The third-order valence-corrected chi connectivity index (χ3v) is 2.66. The number of aryl methyl sites for hydroxylation is 1. The van der Waals surface area contributed by atoms with E-state index in [4.69, 9.17) is 9.84 Å². The summed E-state index contributed by atoms with van der Waals surface area (Å²) in [6, 6.07) is 3.80. The van der Waals surface area contributed by atoms with Crippen molar-refractivity contribution in [1.82, 2.24) is 4.90 Å². The van der Waals surface area contributed by atoms with Crippen LogP contribution in [0.5, 0.6) is 0 Å². The summed E-state index contributed by atoms with van der Waals surface area (Å²) >= 11 is 0. The zero-order valence-corrected chi connectivity index (χ0v) is 11.1. The van der Waals surface area contributed by atoms with Crippen molar-refractivity contribution in [2.24, 2.45) is 0 Å². The van der Waals surface area contributed by atoms with Gasteiger partial charge in [-0.1, -0.05) is 6.07 Å². The number of hydrogen-bond acceptors (Lipinski definition) is 3. The first-order valence-electron chi connectivity index (χ1n) is 6.00. The third-order valence-electron chi connectivity index (χ3n) is 2.66. The Bertz CT molecular complexity index is 426. The Balaban J connectivity index is 2.71. The van der Waals surface area contributed by atoms with Crippen LogP contribution < -0.4 is 5.32 Å². The summed E-state index contributed by atoms with van der Waals surface area (Å²) in [5.41, 5.74) is 1.19. The molecule has 0 atom stereocenters. The molecule has 1 aromatic carbocycles. The van der Waals surface area contributed by atoms with Gasteiger partial charge in [-0.05, 0) is 24.6 Å². The van der Waals surface area contributed by atoms with Gasteiger partial charge in [0.05, 0.1) is 13.2 Å². The van der Waals surface area contributed by atoms with Crippen LogP contribution in [0.15, 0.2) is 18.2 Å². The lowest BCUT2D eigenvalue weighted by molar-refractivity contribution is 0.142. The average Bonchev–Trinajstić information content (AvgIpc) is 2.38. The summed E-state index contributed by atoms with van der Waals surface area (Å²) in [6.45, 7) is 2.57. The molecule has 0 bridgehead atoms. The molecule has 1 rings (SSSR count). The van der Waals surface area contributed by atoms with E-state index in [1.165, 1.54) is 24.1 Å². The van der Waals surface area contributed by atoms with Crippen LogP contribution in [0.25, 0.3) is 0 Å². The average molecular weight is 270 g/mol. The van der Waals surface area contributed by atoms with Crippen LogP contribution in [0.1, 0.15) is 5.56 Å². The summed E-state index contributed by atoms with van der Waals surface area (Å²) in [5, 5.41) is 11.6. The quantitative estimate of drug-likeness (QED) is 0.825. The molecule has 1 aromatic rings. The fourth-order valence-electron chi connectivity index (χ4n) is 1.56. The molecule has 0 unspecified atom stereocenters. The van der Waals surface area contributed by atoms with Gasteiger partial charge >= 0.3 is 6.03 Å². The van der Waals surface area contributed by atoms with Crippen molar-refractivity contribution in [3.8, 4) is 0 Å². The molecule has 0 radical (unpaired) electrons. The van der Waals surface area contributed by atoms with Gasteiger partial charge in [-0.3, -0.25) is 0 Å². The Hall–Kier alpha value is -1.66. The molecule has 2 amide bonds. The summed E-state index contributed by atoms with van der Waals surface area (Å²) < 4.78 is 18.0. The number of aliphatic hydroxyl groups excluding tert-OH is 1. The van der Waals surface area contributed by atoms with Gasteiger partial charge in [-0.15, -0.1) is 0 Å². The molecule has 0 saturated carbocycles.